The van der Waals surface area contributed by atoms with Crippen LogP contribution in [0.4, 0.5) is 5.69 Å². The first-order valence-corrected chi connectivity index (χ1v) is 9.87. The minimum atomic E-state index is -0.283. The molecular weight excluding hydrogens is 394 g/mol. The fraction of sp³-hybridized carbons (Fsp3) is 0.125. The summed E-state index contributed by atoms with van der Waals surface area (Å²) in [6.45, 7) is 2.34. The van der Waals surface area contributed by atoms with E-state index in [0.29, 0.717) is 35.3 Å². The van der Waals surface area contributed by atoms with E-state index in [2.05, 4.69) is 15.5 Å². The van der Waals surface area contributed by atoms with Gasteiger partial charge >= 0.3 is 0 Å². The predicted molar refractivity (Wildman–Crippen MR) is 117 cm³/mol. The van der Waals surface area contributed by atoms with Crippen molar-refractivity contribution in [2.75, 3.05) is 18.5 Å². The molecule has 3 aromatic carbocycles. The molecule has 1 aromatic heterocycles. The van der Waals surface area contributed by atoms with Crippen LogP contribution in [0.2, 0.25) is 0 Å². The number of ether oxygens (including phenoxy) is 2. The molecule has 31 heavy (non-hydrogen) atoms. The lowest BCUT2D eigenvalue weighted by molar-refractivity contribution is -0.118. The summed E-state index contributed by atoms with van der Waals surface area (Å²) in [7, 11) is 0. The van der Waals surface area contributed by atoms with Crippen LogP contribution in [0.1, 0.15) is 6.92 Å². The lowest BCUT2D eigenvalue weighted by atomic mass is 10.2. The van der Waals surface area contributed by atoms with Crippen molar-refractivity contribution in [1.29, 1.82) is 0 Å². The van der Waals surface area contributed by atoms with E-state index in [9.17, 15) is 4.79 Å². The second-order valence-electron chi connectivity index (χ2n) is 6.58. The molecule has 4 aromatic rings. The number of carbonyl (C=O) groups is 1. The van der Waals surface area contributed by atoms with Gasteiger partial charge in [0.25, 0.3) is 11.8 Å². The highest BCUT2D eigenvalue weighted by molar-refractivity contribution is 5.92. The number of benzene rings is 3. The molecule has 0 spiro atoms. The Morgan fingerprint density at radius 1 is 0.935 bits per heavy atom. The number of anilines is 1. The largest absolute Gasteiger partial charge is 0.494 e. The topological polar surface area (TPSA) is 86.5 Å². The molecule has 4 rings (SSSR count). The van der Waals surface area contributed by atoms with Crippen molar-refractivity contribution in [1.82, 2.24) is 10.1 Å². The van der Waals surface area contributed by atoms with Gasteiger partial charge in [-0.05, 0) is 43.3 Å². The molecule has 0 unspecified atom stereocenters. The number of para-hydroxylation sites is 1. The van der Waals surface area contributed by atoms with Gasteiger partial charge in [-0.1, -0.05) is 47.6 Å². The van der Waals surface area contributed by atoms with Crippen molar-refractivity contribution in [3.63, 3.8) is 0 Å². The first kappa shape index (κ1) is 20.2. The summed E-state index contributed by atoms with van der Waals surface area (Å²) in [5.74, 6) is 1.75. The summed E-state index contributed by atoms with van der Waals surface area (Å²) < 4.78 is 16.6. The smallest absolute Gasteiger partial charge is 0.262 e. The molecule has 1 amide bonds. The molecule has 7 heteroatoms. The zero-order chi connectivity index (χ0) is 21.5. The van der Waals surface area contributed by atoms with Gasteiger partial charge in [-0.15, -0.1) is 0 Å². The van der Waals surface area contributed by atoms with Crippen molar-refractivity contribution < 1.29 is 18.8 Å². The van der Waals surface area contributed by atoms with Gasteiger partial charge in [0.1, 0.15) is 11.5 Å². The second kappa shape index (κ2) is 9.58. The number of aromatic nitrogens is 2. The van der Waals surface area contributed by atoms with Crippen molar-refractivity contribution in [3.05, 3.63) is 78.9 Å². The molecule has 0 aliphatic carbocycles. The Bertz CT molecular complexity index is 1140. The average Bonchev–Trinajstić information content (AvgIpc) is 3.30. The minimum Gasteiger partial charge on any atom is -0.494 e. The Hall–Kier alpha value is -4.13. The third kappa shape index (κ3) is 5.08. The van der Waals surface area contributed by atoms with Gasteiger partial charge in [0.05, 0.1) is 12.2 Å². The molecular formula is C24H21N3O4. The van der Waals surface area contributed by atoms with Gasteiger partial charge in [-0.25, -0.2) is 0 Å². The van der Waals surface area contributed by atoms with Crippen LogP contribution in [0.25, 0.3) is 22.8 Å². The van der Waals surface area contributed by atoms with Crippen LogP contribution in [0.3, 0.4) is 0 Å². The van der Waals surface area contributed by atoms with Crippen molar-refractivity contribution in [2.45, 2.75) is 6.92 Å². The van der Waals surface area contributed by atoms with E-state index in [0.717, 1.165) is 11.3 Å². The fourth-order valence-corrected chi connectivity index (χ4v) is 2.95. The second-order valence-corrected chi connectivity index (χ2v) is 6.58. The van der Waals surface area contributed by atoms with Crippen LogP contribution >= 0.6 is 0 Å². The summed E-state index contributed by atoms with van der Waals surface area (Å²) in [5, 5.41) is 6.84. The number of rotatable bonds is 8. The maximum Gasteiger partial charge on any atom is 0.262 e. The van der Waals surface area contributed by atoms with Crippen LogP contribution in [-0.2, 0) is 4.79 Å². The van der Waals surface area contributed by atoms with Gasteiger partial charge in [0.15, 0.2) is 6.61 Å². The molecule has 7 nitrogen and oxygen atoms in total. The fourth-order valence-electron chi connectivity index (χ4n) is 2.95. The molecule has 0 saturated carbocycles. The van der Waals surface area contributed by atoms with Crippen LogP contribution in [0, 0.1) is 0 Å². The maximum absolute atomic E-state index is 12.3. The number of hydrogen-bond acceptors (Lipinski definition) is 6. The van der Waals surface area contributed by atoms with Gasteiger partial charge in [0, 0.05) is 11.3 Å². The van der Waals surface area contributed by atoms with Crippen molar-refractivity contribution >= 4 is 11.6 Å². The van der Waals surface area contributed by atoms with Gasteiger partial charge in [0.2, 0.25) is 5.82 Å². The summed E-state index contributed by atoms with van der Waals surface area (Å²) in [6.07, 6.45) is 0. The Balaban J connectivity index is 1.42. The molecule has 0 aliphatic heterocycles. The number of hydrogen-bond donors (Lipinski definition) is 1. The van der Waals surface area contributed by atoms with E-state index in [1.165, 1.54) is 0 Å². The third-order valence-corrected chi connectivity index (χ3v) is 4.38. The van der Waals surface area contributed by atoms with Gasteiger partial charge in [-0.2, -0.15) is 4.98 Å². The van der Waals surface area contributed by atoms with Crippen LogP contribution in [0.5, 0.6) is 11.5 Å². The Morgan fingerprint density at radius 2 is 1.68 bits per heavy atom. The maximum atomic E-state index is 12.3. The van der Waals surface area contributed by atoms with Crippen LogP contribution < -0.4 is 14.8 Å². The first-order valence-electron chi connectivity index (χ1n) is 9.87. The highest BCUT2D eigenvalue weighted by Crippen LogP contribution is 2.30. The molecule has 1 heterocycles. The molecule has 0 bridgehead atoms. The van der Waals surface area contributed by atoms with Gasteiger partial charge in [-0.3, -0.25) is 4.79 Å². The summed E-state index contributed by atoms with van der Waals surface area (Å²) in [4.78, 5) is 16.8. The first-order chi connectivity index (χ1) is 15.2. The van der Waals surface area contributed by atoms with E-state index in [4.69, 9.17) is 14.0 Å². The normalized spacial score (nSPS) is 10.5. The van der Waals surface area contributed by atoms with Gasteiger partial charge < -0.3 is 19.3 Å². The summed E-state index contributed by atoms with van der Waals surface area (Å²) in [6, 6.07) is 23.9. The average molecular weight is 415 g/mol. The van der Waals surface area contributed by atoms with E-state index in [-0.39, 0.29) is 12.5 Å². The third-order valence-electron chi connectivity index (χ3n) is 4.38. The van der Waals surface area contributed by atoms with Crippen molar-refractivity contribution in [2.24, 2.45) is 0 Å². The highest BCUT2D eigenvalue weighted by atomic mass is 16.5. The molecule has 0 radical (unpaired) electrons. The van der Waals surface area contributed by atoms with E-state index >= 15 is 0 Å². The zero-order valence-corrected chi connectivity index (χ0v) is 16.9. The molecule has 1 N–H and O–H groups in total. The highest BCUT2D eigenvalue weighted by Gasteiger charge is 2.15. The summed E-state index contributed by atoms with van der Waals surface area (Å²) >= 11 is 0. The lowest BCUT2D eigenvalue weighted by Crippen LogP contribution is -2.20. The quantitative estimate of drug-likeness (QED) is 0.444. The number of nitrogens with zero attached hydrogens (tertiary/aromatic N) is 2. The monoisotopic (exact) mass is 415 g/mol. The van der Waals surface area contributed by atoms with Crippen LogP contribution in [-0.4, -0.2) is 29.3 Å². The predicted octanol–water partition coefficient (Wildman–Crippen LogP) is 4.82. The van der Waals surface area contributed by atoms with E-state index in [1.54, 1.807) is 30.3 Å². The number of amides is 1. The number of carbonyl (C=O) groups excluding carboxylic acids is 1. The molecule has 0 atom stereocenters. The molecule has 156 valence electrons. The Morgan fingerprint density at radius 3 is 2.45 bits per heavy atom. The SMILES string of the molecule is CCOc1ccc(NC(=O)COc2ccccc2-c2nc(-c3ccccc3)no2)cc1. The molecule has 0 aliphatic rings. The van der Waals surface area contributed by atoms with E-state index < -0.39 is 0 Å². The minimum absolute atomic E-state index is 0.163. The lowest BCUT2D eigenvalue weighted by Gasteiger charge is -2.10. The molecule has 0 saturated heterocycles. The Kier molecular flexibility index (Phi) is 6.23. The standard InChI is InChI=1S/C24H21N3O4/c1-2-29-19-14-12-18(13-15-19)25-22(28)16-30-21-11-7-6-10-20(21)24-26-23(27-31-24)17-8-4-3-5-9-17/h3-15H,2,16H2,1H3,(H,25,28). The van der Waals surface area contributed by atoms with Crippen molar-refractivity contribution in [3.8, 4) is 34.3 Å². The van der Waals surface area contributed by atoms with Crippen LogP contribution in [0.15, 0.2) is 83.4 Å². The zero-order valence-electron chi connectivity index (χ0n) is 16.9. The molecule has 0 fully saturated rings. The Labute approximate surface area is 179 Å². The van der Waals surface area contributed by atoms with E-state index in [1.807, 2.05) is 55.5 Å². The number of nitrogens with one attached hydrogen (secondary N) is 1. The summed E-state index contributed by atoms with van der Waals surface area (Å²) in [5.41, 5.74) is 2.13.